The summed E-state index contributed by atoms with van der Waals surface area (Å²) >= 11 is 0. The summed E-state index contributed by atoms with van der Waals surface area (Å²) in [4.78, 5) is 4.23. The van der Waals surface area contributed by atoms with E-state index in [0.29, 0.717) is 18.9 Å². The number of benzene rings is 2. The van der Waals surface area contributed by atoms with Crippen LogP contribution in [0.4, 0.5) is 0 Å². The number of hydrogen-bond donors (Lipinski definition) is 2. The smallest absolute Gasteiger partial charge is 0.191 e. The third kappa shape index (κ3) is 9.16. The molecule has 0 heterocycles. The first-order chi connectivity index (χ1) is 13.3. The van der Waals surface area contributed by atoms with Gasteiger partial charge in [-0.15, -0.1) is 24.0 Å². The quantitative estimate of drug-likeness (QED) is 0.225. The van der Waals surface area contributed by atoms with Crippen LogP contribution in [0.15, 0.2) is 65.7 Å². The Balaban J connectivity index is 0.00000420. The summed E-state index contributed by atoms with van der Waals surface area (Å²) in [6.07, 6.45) is 0.540. The van der Waals surface area contributed by atoms with Crippen molar-refractivity contribution in [3.8, 4) is 0 Å². The van der Waals surface area contributed by atoms with Gasteiger partial charge in [0.1, 0.15) is 0 Å². The summed E-state index contributed by atoms with van der Waals surface area (Å²) in [5.74, 6) is 0.928. The van der Waals surface area contributed by atoms with Crippen LogP contribution in [0, 0.1) is 0 Å². The lowest BCUT2D eigenvalue weighted by molar-refractivity contribution is 0.508. The molecule has 0 fully saturated rings. The Hall–Kier alpha value is -1.61. The number of rotatable bonds is 9. The fourth-order valence-corrected chi connectivity index (χ4v) is 4.34. The number of hydrogen-bond acceptors (Lipinski definition) is 3. The van der Waals surface area contributed by atoms with Crippen molar-refractivity contribution >= 4 is 39.8 Å². The van der Waals surface area contributed by atoms with Crippen LogP contribution in [-0.2, 0) is 21.0 Å². The summed E-state index contributed by atoms with van der Waals surface area (Å²) in [5.41, 5.74) is 2.04. The number of aliphatic imine (C=N–C) groups is 1. The summed E-state index contributed by atoms with van der Waals surface area (Å²) in [5, 5.41) is 6.54. The van der Waals surface area contributed by atoms with Crippen LogP contribution < -0.4 is 10.6 Å². The fourth-order valence-electron chi connectivity index (χ4n) is 2.92. The maximum absolute atomic E-state index is 12.3. The van der Waals surface area contributed by atoms with E-state index in [1.807, 2.05) is 48.5 Å². The van der Waals surface area contributed by atoms with Gasteiger partial charge in [-0.25, -0.2) is 8.42 Å². The van der Waals surface area contributed by atoms with E-state index in [4.69, 9.17) is 0 Å². The highest BCUT2D eigenvalue weighted by molar-refractivity contribution is 14.0. The van der Waals surface area contributed by atoms with Crippen molar-refractivity contribution in [3.63, 3.8) is 0 Å². The second-order valence-corrected chi connectivity index (χ2v) is 9.72. The Morgan fingerprint density at radius 2 is 1.55 bits per heavy atom. The van der Waals surface area contributed by atoms with Crippen LogP contribution in [0.25, 0.3) is 0 Å². The molecule has 7 heteroatoms. The second kappa shape index (κ2) is 12.2. The zero-order valence-electron chi connectivity index (χ0n) is 17.4. The van der Waals surface area contributed by atoms with Crippen LogP contribution in [0.3, 0.4) is 0 Å². The normalized spacial score (nSPS) is 12.2. The van der Waals surface area contributed by atoms with Crippen molar-refractivity contribution in [1.29, 1.82) is 0 Å². The van der Waals surface area contributed by atoms with Crippen molar-refractivity contribution in [3.05, 3.63) is 71.8 Å². The predicted octanol–water partition coefficient (Wildman–Crippen LogP) is 3.75. The minimum atomic E-state index is -3.11. The number of halogens is 1. The highest BCUT2D eigenvalue weighted by Gasteiger charge is 2.20. The molecule has 5 nitrogen and oxygen atoms in total. The van der Waals surface area contributed by atoms with Gasteiger partial charge in [-0.1, -0.05) is 74.5 Å². The van der Waals surface area contributed by atoms with Gasteiger partial charge in [0.05, 0.1) is 11.5 Å². The molecular formula is C22H32IN3O2S. The van der Waals surface area contributed by atoms with Gasteiger partial charge in [0.2, 0.25) is 0 Å². The topological polar surface area (TPSA) is 70.6 Å². The lowest BCUT2D eigenvalue weighted by Gasteiger charge is -2.26. The molecule has 0 bridgehead atoms. The molecule has 0 aliphatic rings. The van der Waals surface area contributed by atoms with E-state index in [0.717, 1.165) is 12.1 Å². The van der Waals surface area contributed by atoms with Gasteiger partial charge >= 0.3 is 0 Å². The Morgan fingerprint density at radius 1 is 0.966 bits per heavy atom. The van der Waals surface area contributed by atoms with Gasteiger partial charge in [-0.05, 0) is 17.5 Å². The van der Waals surface area contributed by atoms with E-state index in [-0.39, 0.29) is 40.9 Å². The van der Waals surface area contributed by atoms with Crippen molar-refractivity contribution in [2.45, 2.75) is 31.4 Å². The number of nitrogens with one attached hydrogen (secondary N) is 2. The molecule has 0 aromatic heterocycles. The molecule has 0 spiro atoms. The predicted molar refractivity (Wildman–Crippen MR) is 133 cm³/mol. The number of guanidine groups is 1. The Morgan fingerprint density at radius 3 is 2.14 bits per heavy atom. The van der Waals surface area contributed by atoms with Crippen molar-refractivity contribution in [1.82, 2.24) is 10.6 Å². The summed E-state index contributed by atoms with van der Waals surface area (Å²) in [6, 6.07) is 19.6. The Bertz CT molecular complexity index is 854. The van der Waals surface area contributed by atoms with E-state index in [1.54, 1.807) is 7.05 Å². The van der Waals surface area contributed by atoms with Gasteiger partial charge < -0.3 is 10.6 Å². The first-order valence-electron chi connectivity index (χ1n) is 9.57. The summed E-state index contributed by atoms with van der Waals surface area (Å²) in [6.45, 7) is 5.64. The van der Waals surface area contributed by atoms with E-state index in [9.17, 15) is 8.42 Å². The number of sulfone groups is 1. The molecule has 0 aliphatic heterocycles. The van der Waals surface area contributed by atoms with Crippen LogP contribution in [0.2, 0.25) is 0 Å². The maximum Gasteiger partial charge on any atom is 0.191 e. The molecule has 2 rings (SSSR count). The summed E-state index contributed by atoms with van der Waals surface area (Å²) < 4.78 is 24.5. The monoisotopic (exact) mass is 529 g/mol. The van der Waals surface area contributed by atoms with Gasteiger partial charge in [0, 0.05) is 25.6 Å². The minimum Gasteiger partial charge on any atom is -0.356 e. The van der Waals surface area contributed by atoms with E-state index < -0.39 is 9.84 Å². The third-order valence-electron chi connectivity index (χ3n) is 4.63. The van der Waals surface area contributed by atoms with Gasteiger partial charge in [0.25, 0.3) is 0 Å². The molecule has 0 saturated carbocycles. The second-order valence-electron chi connectivity index (χ2n) is 7.53. The molecule has 0 unspecified atom stereocenters. The van der Waals surface area contributed by atoms with E-state index in [1.165, 1.54) is 5.56 Å². The molecule has 2 aromatic carbocycles. The van der Waals surface area contributed by atoms with Crippen LogP contribution in [-0.4, -0.2) is 40.3 Å². The highest BCUT2D eigenvalue weighted by Crippen LogP contribution is 2.21. The molecule has 2 N–H and O–H groups in total. The average Bonchev–Trinajstić information content (AvgIpc) is 2.68. The van der Waals surface area contributed by atoms with Gasteiger partial charge in [0.15, 0.2) is 15.8 Å². The maximum atomic E-state index is 12.3. The molecule has 0 atom stereocenters. The Labute approximate surface area is 192 Å². The first kappa shape index (κ1) is 25.4. The standard InChI is InChI=1S/C22H31N3O2S.HI/c1-22(2,20-13-8-5-9-14-20)18-25-21(23-3)24-15-10-16-28(26,27)17-19-11-6-4-7-12-19;/h4-9,11-14H,10,15-18H2,1-3H3,(H2,23,24,25);1H. The molecule has 2 aromatic rings. The van der Waals surface area contributed by atoms with E-state index >= 15 is 0 Å². The lowest BCUT2D eigenvalue weighted by atomic mass is 9.85. The van der Waals surface area contributed by atoms with E-state index in [2.05, 4.69) is 41.6 Å². The number of nitrogens with zero attached hydrogens (tertiary/aromatic N) is 1. The van der Waals surface area contributed by atoms with Crippen LogP contribution in [0.1, 0.15) is 31.4 Å². The minimum absolute atomic E-state index is 0. The highest BCUT2D eigenvalue weighted by atomic mass is 127. The molecule has 160 valence electrons. The van der Waals surface area contributed by atoms with Gasteiger partial charge in [-0.3, -0.25) is 4.99 Å². The molecule has 29 heavy (non-hydrogen) atoms. The third-order valence-corrected chi connectivity index (χ3v) is 6.31. The SMILES string of the molecule is CN=C(NCCCS(=O)(=O)Cc1ccccc1)NCC(C)(C)c1ccccc1.I. The molecule has 0 radical (unpaired) electrons. The van der Waals surface area contributed by atoms with Gasteiger partial charge in [-0.2, -0.15) is 0 Å². The molecule has 0 saturated heterocycles. The molecular weight excluding hydrogens is 497 g/mol. The average molecular weight is 529 g/mol. The molecule has 0 aliphatic carbocycles. The zero-order valence-corrected chi connectivity index (χ0v) is 20.5. The van der Waals surface area contributed by atoms with Crippen LogP contribution in [0.5, 0.6) is 0 Å². The van der Waals surface area contributed by atoms with Crippen molar-refractivity contribution < 1.29 is 8.42 Å². The largest absolute Gasteiger partial charge is 0.356 e. The zero-order chi connectivity index (χ0) is 20.5. The lowest BCUT2D eigenvalue weighted by Crippen LogP contribution is -2.43. The fraction of sp³-hybridized carbons (Fsp3) is 0.409. The summed E-state index contributed by atoms with van der Waals surface area (Å²) in [7, 11) is -1.39. The first-order valence-corrected chi connectivity index (χ1v) is 11.4. The van der Waals surface area contributed by atoms with Crippen molar-refractivity contribution in [2.75, 3.05) is 25.9 Å². The van der Waals surface area contributed by atoms with Crippen LogP contribution >= 0.6 is 24.0 Å². The Kier molecular flexibility index (Phi) is 10.7. The van der Waals surface area contributed by atoms with Crippen molar-refractivity contribution in [2.24, 2.45) is 4.99 Å². The molecule has 0 amide bonds.